The Morgan fingerprint density at radius 1 is 1.22 bits per heavy atom. The predicted octanol–water partition coefficient (Wildman–Crippen LogP) is 1.54. The van der Waals surface area contributed by atoms with E-state index in [0.29, 0.717) is 0 Å². The van der Waals surface area contributed by atoms with Gasteiger partial charge in [0.2, 0.25) is 5.91 Å². The molecule has 4 heteroatoms. The van der Waals surface area contributed by atoms with E-state index in [-0.39, 0.29) is 18.4 Å². The minimum atomic E-state index is -0.841. The second-order valence-corrected chi connectivity index (χ2v) is 5.35. The summed E-state index contributed by atoms with van der Waals surface area (Å²) in [6.07, 6.45) is 0. The second-order valence-electron chi connectivity index (χ2n) is 5.35. The average molecular weight is 246 g/mol. The van der Waals surface area contributed by atoms with Gasteiger partial charge in [-0.1, -0.05) is 17.7 Å². The monoisotopic (exact) mass is 246 g/mol. The van der Waals surface area contributed by atoms with E-state index in [9.17, 15) is 9.59 Å². The van der Waals surface area contributed by atoms with E-state index in [1.807, 2.05) is 32.0 Å². The highest BCUT2D eigenvalue weighted by atomic mass is 16.2. The second kappa shape index (κ2) is 4.12. The molecule has 1 heterocycles. The molecule has 1 fully saturated rings. The molecule has 96 valence electrons. The van der Waals surface area contributed by atoms with Crippen molar-refractivity contribution in [2.24, 2.45) is 0 Å². The van der Waals surface area contributed by atoms with E-state index in [1.54, 1.807) is 18.7 Å². The van der Waals surface area contributed by atoms with Crippen LogP contribution in [0.2, 0.25) is 0 Å². The minimum Gasteiger partial charge on any atom is -0.341 e. The Balaban J connectivity index is 2.43. The molecule has 1 aromatic rings. The maximum atomic E-state index is 12.3. The van der Waals surface area contributed by atoms with E-state index in [0.717, 1.165) is 16.8 Å². The first-order valence-electron chi connectivity index (χ1n) is 6.01. The van der Waals surface area contributed by atoms with Gasteiger partial charge in [0.15, 0.2) is 0 Å². The number of nitrogens with zero attached hydrogens (tertiary/aromatic N) is 1. The van der Waals surface area contributed by atoms with Gasteiger partial charge in [0, 0.05) is 5.69 Å². The predicted molar refractivity (Wildman–Crippen MR) is 70.5 cm³/mol. The maximum absolute atomic E-state index is 12.3. The molecule has 1 aromatic carbocycles. The standard InChI is InChI=1S/C14H18N2O2/c1-9-5-6-11(10(2)7-9)16-8-12(17)15-14(3,4)13(16)18/h5-7H,8H2,1-4H3,(H,15,17). The lowest BCUT2D eigenvalue weighted by Crippen LogP contribution is -2.64. The van der Waals surface area contributed by atoms with Gasteiger partial charge >= 0.3 is 0 Å². The molecule has 1 saturated heterocycles. The maximum Gasteiger partial charge on any atom is 0.252 e. The molecule has 0 saturated carbocycles. The number of benzene rings is 1. The van der Waals surface area contributed by atoms with Gasteiger partial charge in [0.1, 0.15) is 12.1 Å². The Morgan fingerprint density at radius 2 is 1.89 bits per heavy atom. The van der Waals surface area contributed by atoms with Gasteiger partial charge in [0.25, 0.3) is 5.91 Å². The van der Waals surface area contributed by atoms with Crippen LogP contribution in [0.1, 0.15) is 25.0 Å². The number of rotatable bonds is 1. The fourth-order valence-electron chi connectivity index (χ4n) is 2.30. The van der Waals surface area contributed by atoms with E-state index in [4.69, 9.17) is 0 Å². The lowest BCUT2D eigenvalue weighted by atomic mass is 9.99. The Bertz CT molecular complexity index is 521. The lowest BCUT2D eigenvalue weighted by molar-refractivity contribution is -0.134. The van der Waals surface area contributed by atoms with Gasteiger partial charge < -0.3 is 10.2 Å². The van der Waals surface area contributed by atoms with Crippen LogP contribution >= 0.6 is 0 Å². The summed E-state index contributed by atoms with van der Waals surface area (Å²) in [6, 6.07) is 5.87. The highest BCUT2D eigenvalue weighted by Crippen LogP contribution is 2.25. The summed E-state index contributed by atoms with van der Waals surface area (Å²) in [4.78, 5) is 25.6. The third-order valence-corrected chi connectivity index (χ3v) is 3.18. The zero-order valence-electron chi connectivity index (χ0n) is 11.2. The normalized spacial score (nSPS) is 18.8. The third kappa shape index (κ3) is 2.10. The number of amides is 2. The summed E-state index contributed by atoms with van der Waals surface area (Å²) in [5, 5.41) is 2.71. The third-order valence-electron chi connectivity index (χ3n) is 3.18. The Kier molecular flexibility index (Phi) is 2.89. The van der Waals surface area contributed by atoms with Gasteiger partial charge in [-0.05, 0) is 39.3 Å². The van der Waals surface area contributed by atoms with Crippen molar-refractivity contribution < 1.29 is 9.59 Å². The van der Waals surface area contributed by atoms with Crippen molar-refractivity contribution in [3.63, 3.8) is 0 Å². The smallest absolute Gasteiger partial charge is 0.252 e. The highest BCUT2D eigenvalue weighted by Gasteiger charge is 2.40. The Hall–Kier alpha value is -1.84. The van der Waals surface area contributed by atoms with Crippen molar-refractivity contribution in [2.75, 3.05) is 11.4 Å². The largest absolute Gasteiger partial charge is 0.341 e. The molecule has 0 atom stereocenters. The van der Waals surface area contributed by atoms with Gasteiger partial charge in [-0.3, -0.25) is 9.59 Å². The van der Waals surface area contributed by atoms with Crippen molar-refractivity contribution in [1.82, 2.24) is 5.32 Å². The van der Waals surface area contributed by atoms with Crippen molar-refractivity contribution >= 4 is 17.5 Å². The van der Waals surface area contributed by atoms with Gasteiger partial charge in [-0.25, -0.2) is 0 Å². The van der Waals surface area contributed by atoms with Crippen LogP contribution < -0.4 is 10.2 Å². The first-order chi connectivity index (χ1) is 8.31. The molecule has 0 aliphatic carbocycles. The molecular formula is C14H18N2O2. The zero-order chi connectivity index (χ0) is 13.5. The molecule has 0 aromatic heterocycles. The van der Waals surface area contributed by atoms with E-state index >= 15 is 0 Å². The molecular weight excluding hydrogens is 228 g/mol. The van der Waals surface area contributed by atoms with Crippen molar-refractivity contribution in [3.8, 4) is 0 Å². The van der Waals surface area contributed by atoms with Crippen LogP contribution in [0.3, 0.4) is 0 Å². The number of carbonyl (C=O) groups is 2. The molecule has 0 bridgehead atoms. The molecule has 1 aliphatic rings. The van der Waals surface area contributed by atoms with Crippen LogP contribution in [0.5, 0.6) is 0 Å². The summed E-state index contributed by atoms with van der Waals surface area (Å²) in [5.74, 6) is -0.200. The van der Waals surface area contributed by atoms with Crippen molar-refractivity contribution in [1.29, 1.82) is 0 Å². The molecule has 4 nitrogen and oxygen atoms in total. The first-order valence-corrected chi connectivity index (χ1v) is 6.01. The topological polar surface area (TPSA) is 49.4 Å². The van der Waals surface area contributed by atoms with Crippen LogP contribution in [0.4, 0.5) is 5.69 Å². The average Bonchev–Trinajstić information content (AvgIpc) is 2.23. The quantitative estimate of drug-likeness (QED) is 0.817. The number of aryl methyl sites for hydroxylation is 2. The summed E-state index contributed by atoms with van der Waals surface area (Å²) in [7, 11) is 0. The highest BCUT2D eigenvalue weighted by molar-refractivity contribution is 6.09. The van der Waals surface area contributed by atoms with Gasteiger partial charge in [-0.2, -0.15) is 0 Å². The Morgan fingerprint density at radius 3 is 2.50 bits per heavy atom. The first kappa shape index (κ1) is 12.6. The molecule has 2 rings (SSSR count). The number of hydrogen-bond acceptors (Lipinski definition) is 2. The van der Waals surface area contributed by atoms with Crippen LogP contribution in [0.15, 0.2) is 18.2 Å². The van der Waals surface area contributed by atoms with Crippen LogP contribution in [0.25, 0.3) is 0 Å². The molecule has 18 heavy (non-hydrogen) atoms. The Labute approximate surface area is 107 Å². The van der Waals surface area contributed by atoms with E-state index in [2.05, 4.69) is 5.32 Å². The number of anilines is 1. The molecule has 0 radical (unpaired) electrons. The summed E-state index contributed by atoms with van der Waals surface area (Å²) < 4.78 is 0. The van der Waals surface area contributed by atoms with Gasteiger partial charge in [-0.15, -0.1) is 0 Å². The SMILES string of the molecule is Cc1ccc(N2CC(=O)NC(C)(C)C2=O)c(C)c1. The van der Waals surface area contributed by atoms with Crippen molar-refractivity contribution in [3.05, 3.63) is 29.3 Å². The van der Waals surface area contributed by atoms with Crippen LogP contribution in [-0.4, -0.2) is 23.9 Å². The van der Waals surface area contributed by atoms with Crippen LogP contribution in [-0.2, 0) is 9.59 Å². The fraction of sp³-hybridized carbons (Fsp3) is 0.429. The van der Waals surface area contributed by atoms with Crippen LogP contribution in [0, 0.1) is 13.8 Å². The molecule has 1 aliphatic heterocycles. The molecule has 1 N–H and O–H groups in total. The summed E-state index contributed by atoms with van der Waals surface area (Å²) in [6.45, 7) is 7.50. The van der Waals surface area contributed by atoms with E-state index < -0.39 is 5.54 Å². The lowest BCUT2D eigenvalue weighted by Gasteiger charge is -2.38. The number of hydrogen-bond donors (Lipinski definition) is 1. The van der Waals surface area contributed by atoms with Crippen molar-refractivity contribution in [2.45, 2.75) is 33.2 Å². The number of carbonyl (C=O) groups excluding carboxylic acids is 2. The molecule has 0 spiro atoms. The van der Waals surface area contributed by atoms with Gasteiger partial charge in [0.05, 0.1) is 0 Å². The zero-order valence-corrected chi connectivity index (χ0v) is 11.2. The number of nitrogens with one attached hydrogen (secondary N) is 1. The fourth-order valence-corrected chi connectivity index (χ4v) is 2.30. The molecule has 2 amide bonds. The summed E-state index contributed by atoms with van der Waals surface area (Å²) >= 11 is 0. The minimum absolute atomic E-state index is 0.0750. The van der Waals surface area contributed by atoms with E-state index in [1.165, 1.54) is 0 Å². The number of piperazine rings is 1. The molecule has 0 unspecified atom stereocenters. The summed E-state index contributed by atoms with van der Waals surface area (Å²) in [5.41, 5.74) is 2.12.